The third-order valence-electron chi connectivity index (χ3n) is 4.28. The third-order valence-corrected chi connectivity index (χ3v) is 4.94. The molecule has 1 aromatic carbocycles. The second-order valence-electron chi connectivity index (χ2n) is 4.93. The zero-order valence-electron chi connectivity index (χ0n) is 8.80. The third kappa shape index (κ3) is 1.24. The van der Waals surface area contributed by atoms with Crippen molar-refractivity contribution in [2.24, 2.45) is 5.73 Å². The van der Waals surface area contributed by atoms with Gasteiger partial charge in [-0.25, -0.2) is 0 Å². The van der Waals surface area contributed by atoms with E-state index in [0.29, 0.717) is 11.5 Å². The van der Waals surface area contributed by atoms with Gasteiger partial charge in [-0.3, -0.25) is 0 Å². The summed E-state index contributed by atoms with van der Waals surface area (Å²) in [5, 5.41) is 0. The van der Waals surface area contributed by atoms with Crippen molar-refractivity contribution in [3.63, 3.8) is 0 Å². The highest BCUT2D eigenvalue weighted by atomic mass is 79.9. The number of fused-ring (bicyclic) bond motifs is 2. The maximum absolute atomic E-state index is 6.34. The average molecular weight is 266 g/mol. The predicted molar refractivity (Wildman–Crippen MR) is 66.0 cm³/mol. The van der Waals surface area contributed by atoms with Crippen LogP contribution in [0, 0.1) is 0 Å². The van der Waals surface area contributed by atoms with Gasteiger partial charge in [0.15, 0.2) is 0 Å². The number of nitrogens with two attached hydrogens (primary N) is 1. The largest absolute Gasteiger partial charge is 0.327 e. The first-order valence-corrected chi connectivity index (χ1v) is 6.57. The van der Waals surface area contributed by atoms with Crippen molar-refractivity contribution in [2.45, 2.75) is 43.6 Å². The van der Waals surface area contributed by atoms with Gasteiger partial charge in [-0.2, -0.15) is 0 Å². The van der Waals surface area contributed by atoms with E-state index in [1.807, 2.05) is 0 Å². The molecule has 2 aliphatic rings. The molecule has 1 spiro atoms. The lowest BCUT2D eigenvalue weighted by Gasteiger charge is -2.51. The van der Waals surface area contributed by atoms with Crippen LogP contribution < -0.4 is 5.73 Å². The second-order valence-corrected chi connectivity index (χ2v) is 5.78. The first-order valence-electron chi connectivity index (χ1n) is 5.77. The lowest BCUT2D eigenvalue weighted by Crippen LogP contribution is -2.53. The fraction of sp³-hybridized carbons (Fsp3) is 0.538. The predicted octanol–water partition coefficient (Wildman–Crippen LogP) is 3.14. The Morgan fingerprint density at radius 1 is 1.33 bits per heavy atom. The Balaban J connectivity index is 2.18. The maximum Gasteiger partial charge on any atom is 0.0216 e. The number of halogens is 1. The van der Waals surface area contributed by atoms with Crippen LogP contribution in [0.25, 0.3) is 0 Å². The van der Waals surface area contributed by atoms with Crippen molar-refractivity contribution < 1.29 is 0 Å². The molecule has 0 aliphatic heterocycles. The van der Waals surface area contributed by atoms with Gasteiger partial charge in [0.25, 0.3) is 0 Å². The molecule has 0 amide bonds. The van der Waals surface area contributed by atoms with Crippen molar-refractivity contribution >= 4 is 15.9 Å². The smallest absolute Gasteiger partial charge is 0.0216 e. The summed E-state index contributed by atoms with van der Waals surface area (Å²) in [6.45, 7) is 0. The van der Waals surface area contributed by atoms with Crippen molar-refractivity contribution in [1.82, 2.24) is 0 Å². The van der Waals surface area contributed by atoms with Crippen LogP contribution in [0.1, 0.15) is 36.8 Å². The number of rotatable bonds is 0. The van der Waals surface area contributed by atoms with Crippen molar-refractivity contribution in [3.8, 4) is 0 Å². The number of hydrogen-bond donors (Lipinski definition) is 1. The van der Waals surface area contributed by atoms with Gasteiger partial charge >= 0.3 is 0 Å². The summed E-state index contributed by atoms with van der Waals surface area (Å²) >= 11 is 3.70. The van der Waals surface area contributed by atoms with Crippen LogP contribution in [0.5, 0.6) is 0 Å². The molecule has 15 heavy (non-hydrogen) atoms. The summed E-state index contributed by atoms with van der Waals surface area (Å²) in [7, 11) is 0. The molecule has 1 unspecified atom stereocenters. The minimum atomic E-state index is 0.313. The summed E-state index contributed by atoms with van der Waals surface area (Å²) in [5.41, 5.74) is 9.69. The molecule has 0 saturated heterocycles. The van der Waals surface area contributed by atoms with E-state index in [1.165, 1.54) is 34.9 Å². The average Bonchev–Trinajstić information content (AvgIpc) is 2.16. The summed E-state index contributed by atoms with van der Waals surface area (Å²) < 4.78 is 1.27. The Bertz CT molecular complexity index is 396. The van der Waals surface area contributed by atoms with Crippen molar-refractivity contribution in [2.75, 3.05) is 0 Å². The van der Waals surface area contributed by atoms with Crippen LogP contribution in [0.4, 0.5) is 0 Å². The standard InChI is InChI=1S/C13H16BrN/c14-10-4-1-3-9-5-6-11(15)13(12(9)10)7-2-8-13/h1,3-4,11H,2,5-8,15H2. The van der Waals surface area contributed by atoms with E-state index in [-0.39, 0.29) is 0 Å². The van der Waals surface area contributed by atoms with Gasteiger partial charge in [-0.15, -0.1) is 0 Å². The van der Waals surface area contributed by atoms with Crippen molar-refractivity contribution in [3.05, 3.63) is 33.8 Å². The first-order chi connectivity index (χ1) is 7.24. The SMILES string of the molecule is NC1CCc2cccc(Br)c2C12CCC2. The van der Waals surface area contributed by atoms with E-state index in [2.05, 4.69) is 34.1 Å². The summed E-state index contributed by atoms with van der Waals surface area (Å²) in [6, 6.07) is 6.95. The number of hydrogen-bond acceptors (Lipinski definition) is 1. The fourth-order valence-electron chi connectivity index (χ4n) is 3.29. The highest BCUT2D eigenvalue weighted by molar-refractivity contribution is 9.10. The summed E-state index contributed by atoms with van der Waals surface area (Å²) in [4.78, 5) is 0. The number of benzene rings is 1. The van der Waals surface area contributed by atoms with Crippen LogP contribution in [0.3, 0.4) is 0 Å². The van der Waals surface area contributed by atoms with Crippen LogP contribution in [0.15, 0.2) is 22.7 Å². The first kappa shape index (κ1) is 9.86. The van der Waals surface area contributed by atoms with Gasteiger partial charge < -0.3 is 5.73 Å². The second kappa shape index (κ2) is 3.33. The molecule has 0 heterocycles. The van der Waals surface area contributed by atoms with E-state index in [4.69, 9.17) is 5.73 Å². The lowest BCUT2D eigenvalue weighted by molar-refractivity contribution is 0.175. The Morgan fingerprint density at radius 2 is 2.13 bits per heavy atom. The molecule has 1 nitrogen and oxygen atoms in total. The van der Waals surface area contributed by atoms with Gasteiger partial charge in [-0.1, -0.05) is 34.5 Å². The normalized spacial score (nSPS) is 27.2. The van der Waals surface area contributed by atoms with E-state index >= 15 is 0 Å². The Labute approximate surface area is 99.2 Å². The molecule has 1 fully saturated rings. The Kier molecular flexibility index (Phi) is 2.18. The zero-order chi connectivity index (χ0) is 10.5. The lowest BCUT2D eigenvalue weighted by atomic mass is 9.56. The van der Waals surface area contributed by atoms with Crippen molar-refractivity contribution in [1.29, 1.82) is 0 Å². The maximum atomic E-state index is 6.34. The molecule has 2 aliphatic carbocycles. The molecule has 80 valence electrons. The minimum Gasteiger partial charge on any atom is -0.327 e. The molecule has 1 saturated carbocycles. The highest BCUT2D eigenvalue weighted by Gasteiger charge is 2.47. The molecule has 3 rings (SSSR count). The molecular formula is C13H16BrN. The molecular weight excluding hydrogens is 250 g/mol. The molecule has 1 aromatic rings. The molecule has 1 atom stereocenters. The van der Waals surface area contributed by atoms with Crippen LogP contribution in [-0.4, -0.2) is 6.04 Å². The van der Waals surface area contributed by atoms with Gasteiger partial charge in [0.2, 0.25) is 0 Å². The topological polar surface area (TPSA) is 26.0 Å². The summed E-state index contributed by atoms with van der Waals surface area (Å²) in [6.07, 6.45) is 6.21. The van der Waals surface area contributed by atoms with Gasteiger partial charge in [0.05, 0.1) is 0 Å². The quantitative estimate of drug-likeness (QED) is 0.767. The monoisotopic (exact) mass is 265 g/mol. The van der Waals surface area contributed by atoms with Gasteiger partial charge in [0.1, 0.15) is 0 Å². The molecule has 0 bridgehead atoms. The fourth-order valence-corrected chi connectivity index (χ4v) is 4.09. The van der Waals surface area contributed by atoms with Gasteiger partial charge in [-0.05, 0) is 42.9 Å². The molecule has 2 N–H and O–H groups in total. The van der Waals surface area contributed by atoms with Crippen LogP contribution >= 0.6 is 15.9 Å². The van der Waals surface area contributed by atoms with E-state index in [1.54, 1.807) is 0 Å². The van der Waals surface area contributed by atoms with E-state index < -0.39 is 0 Å². The number of aryl methyl sites for hydroxylation is 1. The van der Waals surface area contributed by atoms with Crippen LogP contribution in [0.2, 0.25) is 0 Å². The minimum absolute atomic E-state index is 0.313. The molecule has 2 heteroatoms. The molecule has 0 radical (unpaired) electrons. The highest BCUT2D eigenvalue weighted by Crippen LogP contribution is 2.52. The van der Waals surface area contributed by atoms with E-state index in [0.717, 1.165) is 12.8 Å². The van der Waals surface area contributed by atoms with Gasteiger partial charge in [0, 0.05) is 15.9 Å². The Morgan fingerprint density at radius 3 is 2.80 bits per heavy atom. The summed E-state index contributed by atoms with van der Waals surface area (Å²) in [5.74, 6) is 0. The van der Waals surface area contributed by atoms with Crippen LogP contribution in [-0.2, 0) is 11.8 Å². The Hall–Kier alpha value is -0.340. The zero-order valence-corrected chi connectivity index (χ0v) is 10.4. The molecule has 0 aromatic heterocycles. The van der Waals surface area contributed by atoms with E-state index in [9.17, 15) is 0 Å².